The second kappa shape index (κ2) is 9.50. The maximum absolute atomic E-state index is 5.93. The summed E-state index contributed by atoms with van der Waals surface area (Å²) in [7, 11) is 0. The molecular weight excluding hydrogens is 332 g/mol. The molecule has 1 unspecified atom stereocenters. The molecule has 0 saturated carbocycles. The lowest BCUT2D eigenvalue weighted by atomic mass is 9.97. The van der Waals surface area contributed by atoms with Gasteiger partial charge in [-0.1, -0.05) is 55.3 Å². The van der Waals surface area contributed by atoms with Crippen LogP contribution in [0.25, 0.3) is 0 Å². The van der Waals surface area contributed by atoms with Crippen molar-refractivity contribution in [1.82, 2.24) is 0 Å². The largest absolute Gasteiger partial charge is 0.489 e. The van der Waals surface area contributed by atoms with Gasteiger partial charge in [-0.25, -0.2) is 0 Å². The molecule has 0 aromatic heterocycles. The first kappa shape index (κ1) is 18.6. The zero-order chi connectivity index (χ0) is 18.9. The summed E-state index contributed by atoms with van der Waals surface area (Å²) in [6.07, 6.45) is 1.01. The van der Waals surface area contributed by atoms with Crippen LogP contribution in [0.1, 0.15) is 37.3 Å². The molecule has 0 aliphatic carbocycles. The number of hydrogen-bond donors (Lipinski definition) is 0. The third-order valence-electron chi connectivity index (χ3n) is 4.29. The Morgan fingerprint density at radius 3 is 2.26 bits per heavy atom. The highest BCUT2D eigenvalue weighted by Gasteiger charge is 2.06. The van der Waals surface area contributed by atoms with E-state index in [0.717, 1.165) is 29.2 Å². The van der Waals surface area contributed by atoms with E-state index < -0.39 is 0 Å². The van der Waals surface area contributed by atoms with Crippen LogP contribution in [-0.4, -0.2) is 0 Å². The molecule has 3 aromatic rings. The molecule has 136 valence electrons. The number of rotatable bonds is 7. The van der Waals surface area contributed by atoms with Gasteiger partial charge in [0.1, 0.15) is 23.9 Å². The van der Waals surface area contributed by atoms with Gasteiger partial charge in [-0.2, -0.15) is 0 Å². The predicted molar refractivity (Wildman–Crippen MR) is 110 cm³/mol. The summed E-state index contributed by atoms with van der Waals surface area (Å²) in [5, 5.41) is 0. The van der Waals surface area contributed by atoms with E-state index in [2.05, 4.69) is 30.9 Å². The molecular formula is C25H24O2. The van der Waals surface area contributed by atoms with Crippen LogP contribution in [0.5, 0.6) is 17.2 Å². The summed E-state index contributed by atoms with van der Waals surface area (Å²) in [6.45, 7) is 4.54. The normalized spacial score (nSPS) is 11.2. The van der Waals surface area contributed by atoms with Gasteiger partial charge in [0.05, 0.1) is 0 Å². The van der Waals surface area contributed by atoms with Gasteiger partial charge in [-0.05, 0) is 60.9 Å². The lowest BCUT2D eigenvalue weighted by molar-refractivity contribution is 0.305. The molecule has 0 amide bonds. The zero-order valence-corrected chi connectivity index (χ0v) is 15.8. The molecule has 0 spiro atoms. The van der Waals surface area contributed by atoms with Crippen molar-refractivity contribution in [2.24, 2.45) is 0 Å². The second-order valence-corrected chi connectivity index (χ2v) is 6.28. The first-order valence-electron chi connectivity index (χ1n) is 9.25. The molecule has 3 rings (SSSR count). The van der Waals surface area contributed by atoms with Crippen LogP contribution >= 0.6 is 0 Å². The van der Waals surface area contributed by atoms with E-state index in [-0.39, 0.29) is 5.92 Å². The van der Waals surface area contributed by atoms with Crippen molar-refractivity contribution < 1.29 is 9.47 Å². The van der Waals surface area contributed by atoms with Crippen molar-refractivity contribution in [1.29, 1.82) is 0 Å². The smallest absolute Gasteiger partial charge is 0.127 e. The van der Waals surface area contributed by atoms with Crippen LogP contribution in [0, 0.1) is 11.8 Å². The first-order valence-corrected chi connectivity index (χ1v) is 9.25. The molecule has 0 N–H and O–H groups in total. The Balaban J connectivity index is 1.61. The van der Waals surface area contributed by atoms with Crippen molar-refractivity contribution in [2.45, 2.75) is 32.8 Å². The minimum atomic E-state index is 0.288. The Morgan fingerprint density at radius 1 is 0.815 bits per heavy atom. The topological polar surface area (TPSA) is 18.5 Å². The van der Waals surface area contributed by atoms with Gasteiger partial charge >= 0.3 is 0 Å². The molecule has 0 heterocycles. The van der Waals surface area contributed by atoms with Gasteiger partial charge in [0.2, 0.25) is 0 Å². The maximum atomic E-state index is 5.93. The molecule has 0 saturated heterocycles. The van der Waals surface area contributed by atoms with Crippen LogP contribution in [-0.2, 0) is 6.61 Å². The molecule has 2 heteroatoms. The van der Waals surface area contributed by atoms with Crippen LogP contribution in [0.15, 0.2) is 78.9 Å². The molecule has 27 heavy (non-hydrogen) atoms. The van der Waals surface area contributed by atoms with Gasteiger partial charge in [0, 0.05) is 5.92 Å². The SMILES string of the molecule is CC#CC(CC)c1ccc(OCc2cccc(Oc3ccccc3)c2)cc1. The van der Waals surface area contributed by atoms with Crippen LogP contribution in [0.2, 0.25) is 0 Å². The molecule has 0 radical (unpaired) electrons. The number of benzene rings is 3. The summed E-state index contributed by atoms with van der Waals surface area (Å²) in [4.78, 5) is 0. The highest BCUT2D eigenvalue weighted by molar-refractivity contribution is 5.35. The highest BCUT2D eigenvalue weighted by atomic mass is 16.5. The van der Waals surface area contributed by atoms with Gasteiger partial charge < -0.3 is 9.47 Å². The third-order valence-corrected chi connectivity index (χ3v) is 4.29. The minimum Gasteiger partial charge on any atom is -0.489 e. The monoisotopic (exact) mass is 356 g/mol. The van der Waals surface area contributed by atoms with Crippen LogP contribution < -0.4 is 9.47 Å². The Morgan fingerprint density at radius 2 is 1.56 bits per heavy atom. The Labute approximate surface area is 161 Å². The maximum Gasteiger partial charge on any atom is 0.127 e. The van der Waals surface area contributed by atoms with E-state index in [0.29, 0.717) is 6.61 Å². The Hall–Kier alpha value is -3.18. The molecule has 1 atom stereocenters. The molecule has 0 fully saturated rings. The average molecular weight is 356 g/mol. The fourth-order valence-corrected chi connectivity index (χ4v) is 2.88. The fourth-order valence-electron chi connectivity index (χ4n) is 2.88. The number of hydrogen-bond acceptors (Lipinski definition) is 2. The standard InChI is InChI=1S/C25H24O2/c1-3-9-21(4-2)22-14-16-23(17-15-22)26-19-20-10-8-13-25(18-20)27-24-11-6-5-7-12-24/h5-8,10-18,21H,4,19H2,1-2H3. The van der Waals surface area contributed by atoms with Crippen molar-refractivity contribution in [3.63, 3.8) is 0 Å². The highest BCUT2D eigenvalue weighted by Crippen LogP contribution is 2.24. The van der Waals surface area contributed by atoms with Crippen molar-refractivity contribution in [2.75, 3.05) is 0 Å². The van der Waals surface area contributed by atoms with Gasteiger partial charge in [0.25, 0.3) is 0 Å². The lowest BCUT2D eigenvalue weighted by Gasteiger charge is -2.11. The quantitative estimate of drug-likeness (QED) is 0.445. The lowest BCUT2D eigenvalue weighted by Crippen LogP contribution is -1.97. The molecule has 2 nitrogen and oxygen atoms in total. The van der Waals surface area contributed by atoms with Gasteiger partial charge in [-0.15, -0.1) is 5.92 Å². The Bertz CT molecular complexity index is 902. The summed E-state index contributed by atoms with van der Waals surface area (Å²) in [5.41, 5.74) is 2.30. The van der Waals surface area contributed by atoms with E-state index in [1.165, 1.54) is 5.56 Å². The average Bonchev–Trinajstić information content (AvgIpc) is 2.72. The molecule has 0 aliphatic heterocycles. The number of ether oxygens (including phenoxy) is 2. The van der Waals surface area contributed by atoms with Gasteiger partial charge in [0.15, 0.2) is 0 Å². The van der Waals surface area contributed by atoms with E-state index in [4.69, 9.17) is 9.47 Å². The van der Waals surface area contributed by atoms with Crippen LogP contribution in [0.4, 0.5) is 0 Å². The number of para-hydroxylation sites is 1. The predicted octanol–water partition coefficient (Wildman–Crippen LogP) is 6.57. The fraction of sp³-hybridized carbons (Fsp3) is 0.200. The van der Waals surface area contributed by atoms with E-state index in [9.17, 15) is 0 Å². The molecule has 3 aromatic carbocycles. The van der Waals surface area contributed by atoms with Crippen LogP contribution in [0.3, 0.4) is 0 Å². The van der Waals surface area contributed by atoms with Crippen molar-refractivity contribution in [3.8, 4) is 29.1 Å². The van der Waals surface area contributed by atoms with Crippen molar-refractivity contribution in [3.05, 3.63) is 90.0 Å². The summed E-state index contributed by atoms with van der Waals surface area (Å²) in [5.74, 6) is 9.03. The zero-order valence-electron chi connectivity index (χ0n) is 15.8. The Kier molecular flexibility index (Phi) is 6.55. The summed E-state index contributed by atoms with van der Waals surface area (Å²) < 4.78 is 11.8. The molecule has 0 bridgehead atoms. The third kappa shape index (κ3) is 5.39. The summed E-state index contributed by atoms with van der Waals surface area (Å²) >= 11 is 0. The first-order chi connectivity index (χ1) is 13.3. The second-order valence-electron chi connectivity index (χ2n) is 6.28. The summed E-state index contributed by atoms with van der Waals surface area (Å²) in [6, 6.07) is 26.0. The van der Waals surface area contributed by atoms with E-state index in [1.807, 2.05) is 73.7 Å². The van der Waals surface area contributed by atoms with E-state index >= 15 is 0 Å². The minimum absolute atomic E-state index is 0.288. The van der Waals surface area contributed by atoms with Crippen molar-refractivity contribution >= 4 is 0 Å². The van der Waals surface area contributed by atoms with E-state index in [1.54, 1.807) is 0 Å². The molecule has 0 aliphatic rings. The van der Waals surface area contributed by atoms with Gasteiger partial charge in [-0.3, -0.25) is 0 Å².